The molecule has 0 fully saturated rings. The second-order valence-electron chi connectivity index (χ2n) is 5.29. The van der Waals surface area contributed by atoms with Crippen LogP contribution in [0.25, 0.3) is 11.1 Å². The molecule has 1 amide bonds. The summed E-state index contributed by atoms with van der Waals surface area (Å²) >= 11 is 0. The summed E-state index contributed by atoms with van der Waals surface area (Å²) in [5.41, 5.74) is 1.96. The van der Waals surface area contributed by atoms with Gasteiger partial charge in [-0.25, -0.2) is 0 Å². The molecule has 2 aromatic carbocycles. The molecule has 0 aliphatic rings. The number of aromatic hydroxyl groups is 1. The molecule has 5 nitrogen and oxygen atoms in total. The Hall–Kier alpha value is -3.34. The first-order valence-corrected chi connectivity index (χ1v) is 7.48. The summed E-state index contributed by atoms with van der Waals surface area (Å²) in [6.07, 6.45) is 1.46. The van der Waals surface area contributed by atoms with Crippen LogP contribution < -0.4 is 10.9 Å². The van der Waals surface area contributed by atoms with Crippen LogP contribution in [0.1, 0.15) is 0 Å². The number of carbonyl (C=O) groups is 1. The van der Waals surface area contributed by atoms with Gasteiger partial charge in [-0.1, -0.05) is 48.5 Å². The molecule has 0 radical (unpaired) electrons. The summed E-state index contributed by atoms with van der Waals surface area (Å²) in [6.45, 7) is -0.170. The van der Waals surface area contributed by atoms with Gasteiger partial charge in [-0.2, -0.15) is 0 Å². The monoisotopic (exact) mass is 320 g/mol. The molecule has 1 aromatic heterocycles. The Kier molecular flexibility index (Phi) is 4.43. The van der Waals surface area contributed by atoms with E-state index in [1.807, 2.05) is 54.6 Å². The molecule has 0 saturated carbocycles. The third-order valence-electron chi connectivity index (χ3n) is 3.60. The van der Waals surface area contributed by atoms with Gasteiger partial charge < -0.3 is 15.0 Å². The number of carbonyl (C=O) groups excluding carboxylic acids is 1. The van der Waals surface area contributed by atoms with Gasteiger partial charge in [-0.15, -0.1) is 0 Å². The number of hydrogen-bond acceptors (Lipinski definition) is 3. The fourth-order valence-corrected chi connectivity index (χ4v) is 2.45. The lowest BCUT2D eigenvalue weighted by Gasteiger charge is -2.12. The van der Waals surface area contributed by atoms with Crippen molar-refractivity contribution in [3.05, 3.63) is 83.3 Å². The highest BCUT2D eigenvalue weighted by molar-refractivity contribution is 5.95. The summed E-state index contributed by atoms with van der Waals surface area (Å²) in [7, 11) is 0. The van der Waals surface area contributed by atoms with Crippen molar-refractivity contribution in [1.82, 2.24) is 4.57 Å². The number of nitrogens with zero attached hydrogens (tertiary/aromatic N) is 1. The molecule has 3 aromatic rings. The second-order valence-corrected chi connectivity index (χ2v) is 5.29. The molecule has 3 rings (SSSR count). The normalized spacial score (nSPS) is 10.3. The number of anilines is 1. The van der Waals surface area contributed by atoms with Gasteiger partial charge in [-0.3, -0.25) is 9.59 Å². The van der Waals surface area contributed by atoms with Crippen LogP contribution in [0.15, 0.2) is 77.7 Å². The minimum atomic E-state index is -0.594. The molecule has 24 heavy (non-hydrogen) atoms. The lowest BCUT2D eigenvalue weighted by Crippen LogP contribution is -2.26. The molecule has 0 saturated heterocycles. The van der Waals surface area contributed by atoms with Gasteiger partial charge in [0.2, 0.25) is 5.91 Å². The maximum atomic E-state index is 12.3. The minimum absolute atomic E-state index is 0.170. The highest BCUT2D eigenvalue weighted by Crippen LogP contribution is 2.27. The van der Waals surface area contributed by atoms with Crippen molar-refractivity contribution in [2.45, 2.75) is 6.54 Å². The fraction of sp³-hybridized carbons (Fsp3) is 0.0526. The van der Waals surface area contributed by atoms with Crippen LogP contribution >= 0.6 is 0 Å². The third-order valence-corrected chi connectivity index (χ3v) is 3.60. The molecule has 5 heteroatoms. The van der Waals surface area contributed by atoms with Crippen molar-refractivity contribution < 1.29 is 9.90 Å². The van der Waals surface area contributed by atoms with Crippen LogP contribution in [-0.2, 0) is 11.3 Å². The Morgan fingerprint density at radius 3 is 2.46 bits per heavy atom. The van der Waals surface area contributed by atoms with E-state index in [4.69, 9.17) is 0 Å². The van der Waals surface area contributed by atoms with E-state index in [9.17, 15) is 14.7 Å². The molecule has 0 unspecified atom stereocenters. The van der Waals surface area contributed by atoms with Crippen molar-refractivity contribution in [2.24, 2.45) is 0 Å². The molecule has 1 heterocycles. The zero-order chi connectivity index (χ0) is 16.9. The Bertz CT molecular complexity index is 917. The van der Waals surface area contributed by atoms with Crippen LogP contribution in [-0.4, -0.2) is 15.6 Å². The first kappa shape index (κ1) is 15.6. The number of amides is 1. The van der Waals surface area contributed by atoms with E-state index in [1.165, 1.54) is 18.3 Å². The van der Waals surface area contributed by atoms with Crippen LogP contribution in [0.4, 0.5) is 5.69 Å². The SMILES string of the molecule is O=C(Cn1cccc(O)c1=O)Nc1ccccc1-c1ccccc1. The number of para-hydroxylation sites is 1. The lowest BCUT2D eigenvalue weighted by atomic mass is 10.0. The second kappa shape index (κ2) is 6.83. The number of hydrogen-bond donors (Lipinski definition) is 2. The molecule has 120 valence electrons. The van der Waals surface area contributed by atoms with Crippen molar-refractivity contribution in [1.29, 1.82) is 0 Å². The molecule has 0 atom stereocenters. The topological polar surface area (TPSA) is 71.3 Å². The van der Waals surface area contributed by atoms with E-state index in [-0.39, 0.29) is 18.2 Å². The summed E-state index contributed by atoms with van der Waals surface area (Å²) < 4.78 is 1.16. The van der Waals surface area contributed by atoms with Crippen molar-refractivity contribution in [2.75, 3.05) is 5.32 Å². The number of benzene rings is 2. The van der Waals surface area contributed by atoms with Crippen LogP contribution in [0.2, 0.25) is 0 Å². The molecular formula is C19H16N2O3. The molecule has 0 spiro atoms. The Morgan fingerprint density at radius 2 is 1.67 bits per heavy atom. The number of pyridine rings is 1. The van der Waals surface area contributed by atoms with Crippen molar-refractivity contribution in [3.63, 3.8) is 0 Å². The first-order chi connectivity index (χ1) is 11.6. The van der Waals surface area contributed by atoms with Crippen LogP contribution in [0.3, 0.4) is 0 Å². The third kappa shape index (κ3) is 3.35. The van der Waals surface area contributed by atoms with Gasteiger partial charge >= 0.3 is 0 Å². The minimum Gasteiger partial charge on any atom is -0.503 e. The summed E-state index contributed by atoms with van der Waals surface area (Å²) in [5, 5.41) is 12.3. The Morgan fingerprint density at radius 1 is 0.958 bits per heavy atom. The molecule has 0 bridgehead atoms. The van der Waals surface area contributed by atoms with E-state index in [0.717, 1.165) is 15.7 Å². The molecule has 0 aliphatic heterocycles. The highest BCUT2D eigenvalue weighted by Gasteiger charge is 2.10. The zero-order valence-electron chi connectivity index (χ0n) is 12.8. The molecular weight excluding hydrogens is 304 g/mol. The highest BCUT2D eigenvalue weighted by atomic mass is 16.3. The van der Waals surface area contributed by atoms with E-state index in [2.05, 4.69) is 5.32 Å². The fourth-order valence-electron chi connectivity index (χ4n) is 2.45. The standard InChI is InChI=1S/C19H16N2O3/c22-17-11-6-12-21(19(17)24)13-18(23)20-16-10-5-4-9-15(16)14-7-2-1-3-8-14/h1-12,22H,13H2,(H,20,23). The van der Waals surface area contributed by atoms with Gasteiger partial charge in [0.05, 0.1) is 0 Å². The van der Waals surface area contributed by atoms with Crippen LogP contribution in [0.5, 0.6) is 5.75 Å². The van der Waals surface area contributed by atoms with E-state index >= 15 is 0 Å². The van der Waals surface area contributed by atoms with Gasteiger partial charge in [0.1, 0.15) is 6.54 Å². The number of rotatable bonds is 4. The Labute approximate surface area is 138 Å². The average Bonchev–Trinajstić information content (AvgIpc) is 2.60. The average molecular weight is 320 g/mol. The van der Waals surface area contributed by atoms with Gasteiger partial charge in [0.15, 0.2) is 5.75 Å². The molecule has 2 N–H and O–H groups in total. The summed E-state index contributed by atoms with van der Waals surface area (Å²) in [5.74, 6) is -0.721. The zero-order valence-corrected chi connectivity index (χ0v) is 12.8. The number of nitrogens with one attached hydrogen (secondary N) is 1. The predicted molar refractivity (Wildman–Crippen MR) is 92.9 cm³/mol. The predicted octanol–water partition coefficient (Wildman–Crippen LogP) is 2.86. The van der Waals surface area contributed by atoms with Crippen LogP contribution in [0, 0.1) is 0 Å². The summed E-state index contributed by atoms with van der Waals surface area (Å²) in [6, 6.07) is 20.0. The lowest BCUT2D eigenvalue weighted by molar-refractivity contribution is -0.116. The number of aromatic nitrogens is 1. The largest absolute Gasteiger partial charge is 0.503 e. The maximum absolute atomic E-state index is 12.3. The van der Waals surface area contributed by atoms with Gasteiger partial charge in [0.25, 0.3) is 5.56 Å². The summed E-state index contributed by atoms with van der Waals surface area (Å²) in [4.78, 5) is 24.1. The Balaban J connectivity index is 1.83. The van der Waals surface area contributed by atoms with Crippen molar-refractivity contribution in [3.8, 4) is 16.9 Å². The van der Waals surface area contributed by atoms with Crippen molar-refractivity contribution >= 4 is 11.6 Å². The smallest absolute Gasteiger partial charge is 0.293 e. The van der Waals surface area contributed by atoms with E-state index in [1.54, 1.807) is 0 Å². The van der Waals surface area contributed by atoms with E-state index < -0.39 is 5.56 Å². The maximum Gasteiger partial charge on any atom is 0.293 e. The molecule has 0 aliphatic carbocycles. The van der Waals surface area contributed by atoms with Gasteiger partial charge in [0, 0.05) is 17.4 Å². The quantitative estimate of drug-likeness (QED) is 0.776. The van der Waals surface area contributed by atoms with E-state index in [0.29, 0.717) is 5.69 Å². The first-order valence-electron chi connectivity index (χ1n) is 7.48. The van der Waals surface area contributed by atoms with Gasteiger partial charge in [-0.05, 0) is 23.8 Å².